The molecule has 0 rings (SSSR count). The van der Waals surface area contributed by atoms with Crippen LogP contribution in [-0.4, -0.2) is 47.3 Å². The Bertz CT molecular complexity index is 241. The van der Waals surface area contributed by atoms with Crippen LogP contribution in [0.5, 0.6) is 0 Å². The zero-order valence-electron chi connectivity index (χ0n) is 8.80. The second-order valence-electron chi connectivity index (χ2n) is 3.65. The standard InChI is InChI=1S/C8H15F3N2O2/c1-5(4-14)13(3)6(15)7(2,12)8(9,10)11/h5,14H,4,12H2,1-3H3. The predicted molar refractivity (Wildman–Crippen MR) is 48.0 cm³/mol. The molecule has 0 spiro atoms. The number of carbonyl (C=O) groups excluding carboxylic acids is 1. The van der Waals surface area contributed by atoms with E-state index in [1.54, 1.807) is 0 Å². The monoisotopic (exact) mass is 228 g/mol. The summed E-state index contributed by atoms with van der Waals surface area (Å²) in [4.78, 5) is 12.2. The van der Waals surface area contributed by atoms with Crippen molar-refractivity contribution in [1.29, 1.82) is 0 Å². The fourth-order valence-corrected chi connectivity index (χ4v) is 0.810. The highest BCUT2D eigenvalue weighted by Crippen LogP contribution is 2.29. The number of carbonyl (C=O) groups is 1. The summed E-state index contributed by atoms with van der Waals surface area (Å²) in [5.41, 5.74) is 2.01. The maximum Gasteiger partial charge on any atom is 0.415 e. The average Bonchev–Trinajstić information content (AvgIpc) is 2.12. The van der Waals surface area contributed by atoms with E-state index in [9.17, 15) is 18.0 Å². The van der Waals surface area contributed by atoms with Gasteiger partial charge < -0.3 is 15.7 Å². The van der Waals surface area contributed by atoms with Crippen LogP contribution in [0.1, 0.15) is 13.8 Å². The molecule has 0 aliphatic carbocycles. The molecule has 0 heterocycles. The quantitative estimate of drug-likeness (QED) is 0.720. The van der Waals surface area contributed by atoms with Crippen LogP contribution in [0.2, 0.25) is 0 Å². The zero-order chi connectivity index (χ0) is 12.4. The molecule has 0 aliphatic rings. The number of hydrogen-bond donors (Lipinski definition) is 2. The van der Waals surface area contributed by atoms with Crippen LogP contribution in [0.25, 0.3) is 0 Å². The van der Waals surface area contributed by atoms with Crippen molar-refractivity contribution in [2.75, 3.05) is 13.7 Å². The molecule has 2 unspecified atom stereocenters. The maximum atomic E-state index is 12.4. The summed E-state index contributed by atoms with van der Waals surface area (Å²) in [6, 6.07) is -0.706. The van der Waals surface area contributed by atoms with Gasteiger partial charge in [0, 0.05) is 7.05 Å². The van der Waals surface area contributed by atoms with Crippen LogP contribution < -0.4 is 5.73 Å². The number of aliphatic hydroxyl groups is 1. The first-order valence-corrected chi connectivity index (χ1v) is 4.29. The third kappa shape index (κ3) is 2.82. The first-order chi connectivity index (χ1) is 6.55. The van der Waals surface area contributed by atoms with Gasteiger partial charge in [0.15, 0.2) is 5.54 Å². The second kappa shape index (κ2) is 4.36. The third-order valence-electron chi connectivity index (χ3n) is 2.28. The summed E-state index contributed by atoms with van der Waals surface area (Å²) in [6.07, 6.45) is -4.81. The minimum atomic E-state index is -4.81. The van der Waals surface area contributed by atoms with Gasteiger partial charge in [0.2, 0.25) is 0 Å². The smallest absolute Gasteiger partial charge is 0.394 e. The molecule has 0 aromatic rings. The van der Waals surface area contributed by atoms with E-state index in [0.717, 1.165) is 4.90 Å². The van der Waals surface area contributed by atoms with Crippen LogP contribution in [0.3, 0.4) is 0 Å². The van der Waals surface area contributed by atoms with Gasteiger partial charge in [-0.2, -0.15) is 13.2 Å². The summed E-state index contributed by atoms with van der Waals surface area (Å²) in [5.74, 6) is -1.27. The minimum absolute atomic E-state index is 0.420. The molecular weight excluding hydrogens is 213 g/mol. The lowest BCUT2D eigenvalue weighted by molar-refractivity contribution is -0.194. The van der Waals surface area contributed by atoms with Crippen molar-refractivity contribution < 1.29 is 23.1 Å². The molecule has 0 aliphatic heterocycles. The van der Waals surface area contributed by atoms with Crippen molar-refractivity contribution in [3.05, 3.63) is 0 Å². The van der Waals surface area contributed by atoms with Crippen molar-refractivity contribution in [1.82, 2.24) is 4.90 Å². The summed E-state index contributed by atoms with van der Waals surface area (Å²) >= 11 is 0. The Kier molecular flexibility index (Phi) is 4.12. The highest BCUT2D eigenvalue weighted by atomic mass is 19.4. The number of nitrogens with two attached hydrogens (primary N) is 1. The van der Waals surface area contributed by atoms with E-state index in [2.05, 4.69) is 0 Å². The van der Waals surface area contributed by atoms with Crippen molar-refractivity contribution in [3.63, 3.8) is 0 Å². The predicted octanol–water partition coefficient (Wildman–Crippen LogP) is 0.105. The number of halogens is 3. The summed E-state index contributed by atoms with van der Waals surface area (Å²) in [7, 11) is 1.17. The molecule has 0 saturated heterocycles. The highest BCUT2D eigenvalue weighted by Gasteiger charge is 2.55. The van der Waals surface area contributed by atoms with Gasteiger partial charge in [-0.3, -0.25) is 4.79 Å². The zero-order valence-corrected chi connectivity index (χ0v) is 8.80. The highest BCUT2D eigenvalue weighted by molar-refractivity contribution is 5.86. The number of nitrogens with zero attached hydrogens (tertiary/aromatic N) is 1. The minimum Gasteiger partial charge on any atom is -0.394 e. The Hall–Kier alpha value is -0.820. The summed E-state index contributed by atoms with van der Waals surface area (Å²) < 4.78 is 37.1. The van der Waals surface area contributed by atoms with Crippen LogP contribution in [0.4, 0.5) is 13.2 Å². The molecule has 7 heteroatoms. The number of amides is 1. The Morgan fingerprint density at radius 2 is 1.93 bits per heavy atom. The Morgan fingerprint density at radius 3 is 2.20 bits per heavy atom. The largest absolute Gasteiger partial charge is 0.415 e. The molecule has 0 aromatic heterocycles. The Labute approximate surface area is 85.8 Å². The number of hydrogen-bond acceptors (Lipinski definition) is 3. The van der Waals surface area contributed by atoms with E-state index < -0.39 is 30.3 Å². The lowest BCUT2D eigenvalue weighted by Crippen LogP contribution is -2.62. The third-order valence-corrected chi connectivity index (χ3v) is 2.28. The fourth-order valence-electron chi connectivity index (χ4n) is 0.810. The summed E-state index contributed by atoms with van der Waals surface area (Å²) in [5, 5.41) is 8.71. The molecular formula is C8H15F3N2O2. The van der Waals surface area contributed by atoms with E-state index >= 15 is 0 Å². The van der Waals surface area contributed by atoms with E-state index in [4.69, 9.17) is 10.8 Å². The number of alkyl halides is 3. The second-order valence-corrected chi connectivity index (χ2v) is 3.65. The average molecular weight is 228 g/mol. The normalized spacial score (nSPS) is 18.1. The summed E-state index contributed by atoms with van der Waals surface area (Å²) in [6.45, 7) is 1.61. The lowest BCUT2D eigenvalue weighted by atomic mass is 10.0. The first-order valence-electron chi connectivity index (χ1n) is 4.29. The van der Waals surface area contributed by atoms with Gasteiger partial charge in [-0.15, -0.1) is 0 Å². The van der Waals surface area contributed by atoms with Crippen LogP contribution in [-0.2, 0) is 4.79 Å². The number of aliphatic hydroxyl groups excluding tert-OH is 1. The topological polar surface area (TPSA) is 66.6 Å². The van der Waals surface area contributed by atoms with E-state index in [0.29, 0.717) is 6.92 Å². The molecule has 15 heavy (non-hydrogen) atoms. The number of rotatable bonds is 3. The van der Waals surface area contributed by atoms with Gasteiger partial charge in [0.25, 0.3) is 5.91 Å². The molecule has 3 N–H and O–H groups in total. The van der Waals surface area contributed by atoms with Gasteiger partial charge in [-0.05, 0) is 13.8 Å². The Balaban J connectivity index is 4.86. The van der Waals surface area contributed by atoms with Gasteiger partial charge >= 0.3 is 6.18 Å². The van der Waals surface area contributed by atoms with E-state index in [1.807, 2.05) is 0 Å². The van der Waals surface area contributed by atoms with Crippen molar-refractivity contribution >= 4 is 5.91 Å². The van der Waals surface area contributed by atoms with Crippen molar-refractivity contribution in [3.8, 4) is 0 Å². The maximum absolute atomic E-state index is 12.4. The lowest BCUT2D eigenvalue weighted by Gasteiger charge is -2.33. The van der Waals surface area contributed by atoms with Crippen LogP contribution >= 0.6 is 0 Å². The van der Waals surface area contributed by atoms with Crippen molar-refractivity contribution in [2.45, 2.75) is 31.6 Å². The molecule has 0 fully saturated rings. The molecule has 0 aromatic carbocycles. The molecule has 0 radical (unpaired) electrons. The molecule has 0 saturated carbocycles. The van der Waals surface area contributed by atoms with E-state index in [1.165, 1.54) is 14.0 Å². The Morgan fingerprint density at radius 1 is 1.53 bits per heavy atom. The molecule has 0 bridgehead atoms. The van der Waals surface area contributed by atoms with Gasteiger partial charge in [0.1, 0.15) is 0 Å². The molecule has 2 atom stereocenters. The van der Waals surface area contributed by atoms with E-state index in [-0.39, 0.29) is 0 Å². The fraction of sp³-hybridized carbons (Fsp3) is 0.875. The SMILES string of the molecule is CC(CO)N(C)C(=O)C(C)(N)C(F)(F)F. The van der Waals surface area contributed by atoms with Gasteiger partial charge in [0.05, 0.1) is 12.6 Å². The van der Waals surface area contributed by atoms with Crippen LogP contribution in [0, 0.1) is 0 Å². The first kappa shape index (κ1) is 14.2. The molecule has 4 nitrogen and oxygen atoms in total. The van der Waals surface area contributed by atoms with Gasteiger partial charge in [-0.1, -0.05) is 0 Å². The van der Waals surface area contributed by atoms with Gasteiger partial charge in [-0.25, -0.2) is 0 Å². The van der Waals surface area contributed by atoms with Crippen molar-refractivity contribution in [2.24, 2.45) is 5.73 Å². The van der Waals surface area contributed by atoms with Crippen LogP contribution in [0.15, 0.2) is 0 Å². The molecule has 1 amide bonds. The number of likely N-dealkylation sites (N-methyl/N-ethyl adjacent to an activating group) is 1. The molecule has 90 valence electrons.